The highest BCUT2D eigenvalue weighted by molar-refractivity contribution is 14.0. The summed E-state index contributed by atoms with van der Waals surface area (Å²) in [5.74, 6) is 2.49. The van der Waals surface area contributed by atoms with Crippen molar-refractivity contribution in [2.75, 3.05) is 18.0 Å². The lowest BCUT2D eigenvalue weighted by molar-refractivity contribution is 0.412. The number of anilines is 1. The summed E-state index contributed by atoms with van der Waals surface area (Å²) in [6, 6.07) is 4.74. The molecule has 0 radical (unpaired) electrons. The maximum absolute atomic E-state index is 6.02. The normalized spacial score (nSPS) is 20.2. The third-order valence-corrected chi connectivity index (χ3v) is 5.31. The number of nitrogens with two attached hydrogens (primary N) is 1. The number of nitrogens with zero attached hydrogens (tertiary/aromatic N) is 3. The number of halogens is 1. The van der Waals surface area contributed by atoms with E-state index in [4.69, 9.17) is 5.73 Å². The van der Waals surface area contributed by atoms with Crippen molar-refractivity contribution in [3.8, 4) is 0 Å². The van der Waals surface area contributed by atoms with E-state index in [9.17, 15) is 0 Å². The first-order valence-corrected chi connectivity index (χ1v) is 9.47. The van der Waals surface area contributed by atoms with Crippen molar-refractivity contribution >= 4 is 35.8 Å². The van der Waals surface area contributed by atoms with Crippen LogP contribution in [-0.4, -0.2) is 30.1 Å². The van der Waals surface area contributed by atoms with Crippen molar-refractivity contribution < 1.29 is 0 Å². The summed E-state index contributed by atoms with van der Waals surface area (Å²) in [7, 11) is 0. The van der Waals surface area contributed by atoms with Crippen LogP contribution in [-0.2, 0) is 6.54 Å². The fourth-order valence-electron chi connectivity index (χ4n) is 3.61. The molecule has 0 amide bonds. The molecular weight excluding hydrogens is 425 g/mol. The minimum absolute atomic E-state index is 0. The summed E-state index contributed by atoms with van der Waals surface area (Å²) in [6.07, 6.45) is 10.8. The molecule has 3 rings (SSSR count). The Morgan fingerprint density at radius 1 is 1.20 bits per heavy atom. The Morgan fingerprint density at radius 2 is 1.92 bits per heavy atom. The van der Waals surface area contributed by atoms with Gasteiger partial charge in [0.2, 0.25) is 0 Å². The predicted molar refractivity (Wildman–Crippen MR) is 116 cm³/mol. The number of pyridine rings is 1. The maximum Gasteiger partial charge on any atom is 0.189 e. The van der Waals surface area contributed by atoms with E-state index in [0.29, 0.717) is 18.5 Å². The van der Waals surface area contributed by atoms with Crippen LogP contribution in [0.15, 0.2) is 23.3 Å². The molecule has 1 aromatic rings. The van der Waals surface area contributed by atoms with E-state index in [1.807, 2.05) is 6.20 Å². The number of rotatable bonds is 4. The molecule has 2 fully saturated rings. The molecule has 1 aliphatic heterocycles. The second-order valence-electron chi connectivity index (χ2n) is 7.37. The van der Waals surface area contributed by atoms with Crippen molar-refractivity contribution in [2.45, 2.75) is 64.5 Å². The van der Waals surface area contributed by atoms with E-state index >= 15 is 0 Å². The molecule has 140 valence electrons. The van der Waals surface area contributed by atoms with Gasteiger partial charge in [-0.2, -0.15) is 0 Å². The van der Waals surface area contributed by atoms with Gasteiger partial charge in [0.1, 0.15) is 5.82 Å². The zero-order chi connectivity index (χ0) is 16.8. The fourth-order valence-corrected chi connectivity index (χ4v) is 3.61. The van der Waals surface area contributed by atoms with Gasteiger partial charge in [0.25, 0.3) is 0 Å². The van der Waals surface area contributed by atoms with Crippen molar-refractivity contribution in [1.29, 1.82) is 0 Å². The van der Waals surface area contributed by atoms with Gasteiger partial charge in [-0.25, -0.2) is 9.98 Å². The van der Waals surface area contributed by atoms with E-state index in [-0.39, 0.29) is 24.0 Å². The van der Waals surface area contributed by atoms with Crippen LogP contribution in [0, 0.1) is 5.92 Å². The highest BCUT2D eigenvalue weighted by Gasteiger charge is 2.16. The predicted octanol–water partition coefficient (Wildman–Crippen LogP) is 3.67. The summed E-state index contributed by atoms with van der Waals surface area (Å²) >= 11 is 0. The molecule has 0 spiro atoms. The van der Waals surface area contributed by atoms with Gasteiger partial charge in [-0.15, -0.1) is 24.0 Å². The van der Waals surface area contributed by atoms with Gasteiger partial charge in [-0.05, 0) is 43.2 Å². The second-order valence-corrected chi connectivity index (χ2v) is 7.37. The molecule has 1 saturated carbocycles. The number of aliphatic imine (C=N–C) groups is 1. The molecule has 0 atom stereocenters. The van der Waals surface area contributed by atoms with Crippen LogP contribution in [0.25, 0.3) is 0 Å². The molecule has 1 aliphatic carbocycles. The van der Waals surface area contributed by atoms with Gasteiger partial charge in [0.05, 0.1) is 6.54 Å². The number of nitrogens with one attached hydrogen (secondary N) is 1. The van der Waals surface area contributed by atoms with Gasteiger partial charge < -0.3 is 16.0 Å². The summed E-state index contributed by atoms with van der Waals surface area (Å²) in [4.78, 5) is 11.5. The van der Waals surface area contributed by atoms with Crippen LogP contribution in [0.3, 0.4) is 0 Å². The highest BCUT2D eigenvalue weighted by Crippen LogP contribution is 2.21. The summed E-state index contributed by atoms with van der Waals surface area (Å²) in [6.45, 7) is 5.15. The van der Waals surface area contributed by atoms with Crippen LogP contribution in [0.1, 0.15) is 57.4 Å². The average Bonchev–Trinajstić information content (AvgIpc) is 2.62. The molecule has 2 aliphatic rings. The molecule has 1 saturated heterocycles. The second kappa shape index (κ2) is 10.2. The van der Waals surface area contributed by atoms with Crippen LogP contribution in [0.2, 0.25) is 0 Å². The molecule has 0 unspecified atom stereocenters. The molecule has 1 aromatic heterocycles. The first-order valence-electron chi connectivity index (χ1n) is 9.47. The largest absolute Gasteiger partial charge is 0.370 e. The molecule has 25 heavy (non-hydrogen) atoms. The quantitative estimate of drug-likeness (QED) is 0.412. The first-order chi connectivity index (χ1) is 11.7. The lowest BCUT2D eigenvalue weighted by Gasteiger charge is -2.31. The third kappa shape index (κ3) is 6.31. The minimum Gasteiger partial charge on any atom is -0.370 e. The zero-order valence-electron chi connectivity index (χ0n) is 15.3. The zero-order valence-corrected chi connectivity index (χ0v) is 17.6. The maximum atomic E-state index is 6.02. The summed E-state index contributed by atoms with van der Waals surface area (Å²) in [5, 5.41) is 3.36. The average molecular weight is 457 g/mol. The van der Waals surface area contributed by atoms with E-state index in [1.54, 1.807) is 0 Å². The van der Waals surface area contributed by atoms with E-state index < -0.39 is 0 Å². The number of hydrogen-bond acceptors (Lipinski definition) is 3. The highest BCUT2D eigenvalue weighted by atomic mass is 127. The van der Waals surface area contributed by atoms with Gasteiger partial charge >= 0.3 is 0 Å². The van der Waals surface area contributed by atoms with Crippen LogP contribution >= 0.6 is 24.0 Å². The van der Waals surface area contributed by atoms with Crippen LogP contribution in [0.4, 0.5) is 5.82 Å². The number of hydrogen-bond donors (Lipinski definition) is 2. The van der Waals surface area contributed by atoms with Gasteiger partial charge in [0.15, 0.2) is 5.96 Å². The van der Waals surface area contributed by atoms with E-state index in [1.165, 1.54) is 44.9 Å². The number of guanidine groups is 1. The first kappa shape index (κ1) is 20.3. The molecule has 5 nitrogen and oxygen atoms in total. The van der Waals surface area contributed by atoms with E-state index in [0.717, 1.165) is 30.4 Å². The molecule has 3 N–H and O–H groups in total. The lowest BCUT2D eigenvalue weighted by atomic mass is 9.96. The van der Waals surface area contributed by atoms with Gasteiger partial charge in [0, 0.05) is 25.3 Å². The molecule has 0 bridgehead atoms. The number of piperidine rings is 1. The molecule has 6 heteroatoms. The van der Waals surface area contributed by atoms with E-state index in [2.05, 4.69) is 39.2 Å². The molecule has 2 heterocycles. The van der Waals surface area contributed by atoms with Crippen molar-refractivity contribution in [3.05, 3.63) is 23.9 Å². The van der Waals surface area contributed by atoms with Gasteiger partial charge in [-0.3, -0.25) is 0 Å². The SMILES string of the molecule is CC1CCN(c2ccc(CN=C(N)NC3CCCCC3)cn2)CC1.I. The Kier molecular flexibility index (Phi) is 8.26. The Morgan fingerprint density at radius 3 is 2.56 bits per heavy atom. The molecule has 0 aromatic carbocycles. The Hall–Kier alpha value is -1.05. The Balaban J connectivity index is 0.00000225. The van der Waals surface area contributed by atoms with Crippen LogP contribution in [0.5, 0.6) is 0 Å². The van der Waals surface area contributed by atoms with Crippen molar-refractivity contribution in [2.24, 2.45) is 16.6 Å². The lowest BCUT2D eigenvalue weighted by Crippen LogP contribution is -2.41. The van der Waals surface area contributed by atoms with Gasteiger partial charge in [-0.1, -0.05) is 32.3 Å². The molecular formula is C19H32IN5. The smallest absolute Gasteiger partial charge is 0.189 e. The summed E-state index contributed by atoms with van der Waals surface area (Å²) < 4.78 is 0. The van der Waals surface area contributed by atoms with Crippen LogP contribution < -0.4 is 16.0 Å². The Labute approximate surface area is 168 Å². The minimum atomic E-state index is 0. The summed E-state index contributed by atoms with van der Waals surface area (Å²) in [5.41, 5.74) is 7.13. The topological polar surface area (TPSA) is 66.5 Å². The Bertz CT molecular complexity index is 531. The van der Waals surface area contributed by atoms with Crippen molar-refractivity contribution in [3.63, 3.8) is 0 Å². The third-order valence-electron chi connectivity index (χ3n) is 5.31. The number of aromatic nitrogens is 1. The standard InChI is InChI=1S/C19H31N5.HI/c1-15-9-11-24(12-10-15)18-8-7-16(13-21-18)14-22-19(20)23-17-5-3-2-4-6-17;/h7-8,13,15,17H,2-6,9-12,14H2,1H3,(H3,20,22,23);1H. The fraction of sp³-hybridized carbons (Fsp3) is 0.684. The van der Waals surface area contributed by atoms with Crippen molar-refractivity contribution in [1.82, 2.24) is 10.3 Å². The monoisotopic (exact) mass is 457 g/mol.